The Balaban J connectivity index is 2.56. The predicted octanol–water partition coefficient (Wildman–Crippen LogP) is 2.37. The van der Waals surface area contributed by atoms with Crippen LogP contribution in [0.5, 0.6) is 0 Å². The Kier molecular flexibility index (Phi) is 4.99. The number of hydrogen-bond acceptors (Lipinski definition) is 5. The molecule has 1 aromatic heterocycles. The lowest BCUT2D eigenvalue weighted by molar-refractivity contribution is 0.254. The molecule has 118 valence electrons. The van der Waals surface area contributed by atoms with Gasteiger partial charge in [-0.3, -0.25) is 10.4 Å². The molecule has 3 N–H and O–H groups in total. The van der Waals surface area contributed by atoms with Crippen LogP contribution in [0.2, 0.25) is 5.02 Å². The normalized spacial score (nSPS) is 11.2. The van der Waals surface area contributed by atoms with E-state index in [1.54, 1.807) is 6.26 Å². The minimum Gasteiger partial charge on any atom is -0.341 e. The maximum atomic E-state index is 12.8. The molecule has 2 rings (SSSR count). The summed E-state index contributed by atoms with van der Waals surface area (Å²) in [5, 5.41) is 11.9. The van der Waals surface area contributed by atoms with Gasteiger partial charge in [0.1, 0.15) is 15.7 Å². The van der Waals surface area contributed by atoms with E-state index in [4.69, 9.17) is 11.6 Å². The second kappa shape index (κ2) is 6.59. The number of thioether (sulfide) groups is 1. The molecule has 2 aromatic rings. The fourth-order valence-electron chi connectivity index (χ4n) is 1.70. The Bertz CT molecular complexity index is 787. The van der Waals surface area contributed by atoms with E-state index in [2.05, 4.69) is 20.8 Å². The van der Waals surface area contributed by atoms with E-state index in [9.17, 15) is 13.2 Å². The fourth-order valence-corrected chi connectivity index (χ4v) is 4.20. The molecule has 0 aliphatic heterocycles. The lowest BCUT2D eigenvalue weighted by Gasteiger charge is -2.08. The molecule has 0 saturated heterocycles. The van der Waals surface area contributed by atoms with Crippen molar-refractivity contribution in [1.82, 2.24) is 15.5 Å². The Morgan fingerprint density at radius 3 is 2.50 bits per heavy atom. The van der Waals surface area contributed by atoms with Crippen molar-refractivity contribution >= 4 is 45.0 Å². The van der Waals surface area contributed by atoms with Crippen molar-refractivity contribution in [2.24, 2.45) is 0 Å². The van der Waals surface area contributed by atoms with E-state index in [0.717, 1.165) is 11.8 Å². The van der Waals surface area contributed by atoms with Crippen LogP contribution in [0, 0.1) is 0 Å². The molecule has 0 spiro atoms. The molecule has 0 fully saturated rings. The lowest BCUT2D eigenvalue weighted by Crippen LogP contribution is -2.25. The van der Waals surface area contributed by atoms with Crippen LogP contribution in [0.15, 0.2) is 39.1 Å². The Morgan fingerprint density at radius 2 is 1.95 bits per heavy atom. The summed E-state index contributed by atoms with van der Waals surface area (Å²) >= 11 is 6.94. The Labute approximate surface area is 136 Å². The first-order chi connectivity index (χ1) is 10.4. The van der Waals surface area contributed by atoms with Crippen LogP contribution in [-0.2, 0) is 9.84 Å². The smallest absolute Gasteiger partial charge is 0.320 e. The van der Waals surface area contributed by atoms with Gasteiger partial charge >= 0.3 is 6.03 Å². The summed E-state index contributed by atoms with van der Waals surface area (Å²) in [6.07, 6.45) is 1.70. The van der Waals surface area contributed by atoms with Crippen LogP contribution in [0.25, 0.3) is 0 Å². The number of aromatic nitrogens is 2. The van der Waals surface area contributed by atoms with E-state index >= 15 is 0 Å². The monoisotopic (exact) mass is 360 g/mol. The molecule has 7 nitrogen and oxygen atoms in total. The number of rotatable bonds is 4. The maximum absolute atomic E-state index is 12.8. The zero-order chi connectivity index (χ0) is 16.3. The van der Waals surface area contributed by atoms with Gasteiger partial charge in [0.15, 0.2) is 0 Å². The van der Waals surface area contributed by atoms with Crippen molar-refractivity contribution in [3.8, 4) is 0 Å². The SMILES string of the molecule is CNC(=O)Nc1[nH]nc(SC)c1S(=O)(=O)c1ccc(Cl)cc1. The lowest BCUT2D eigenvalue weighted by atomic mass is 10.4. The molecule has 22 heavy (non-hydrogen) atoms. The largest absolute Gasteiger partial charge is 0.341 e. The quantitative estimate of drug-likeness (QED) is 0.726. The van der Waals surface area contributed by atoms with Crippen molar-refractivity contribution in [3.63, 3.8) is 0 Å². The minimum absolute atomic E-state index is 0.0126. The first-order valence-corrected chi connectivity index (χ1v) is 9.10. The van der Waals surface area contributed by atoms with Gasteiger partial charge in [0, 0.05) is 12.1 Å². The average molecular weight is 361 g/mol. The first-order valence-electron chi connectivity index (χ1n) is 6.02. The van der Waals surface area contributed by atoms with Gasteiger partial charge in [-0.2, -0.15) is 5.10 Å². The summed E-state index contributed by atoms with van der Waals surface area (Å²) in [4.78, 5) is 11.4. The predicted molar refractivity (Wildman–Crippen MR) is 85.4 cm³/mol. The van der Waals surface area contributed by atoms with E-state index in [0.29, 0.717) is 5.02 Å². The number of anilines is 1. The van der Waals surface area contributed by atoms with E-state index in [1.165, 1.54) is 31.3 Å². The number of hydrogen-bond donors (Lipinski definition) is 3. The molecule has 0 saturated carbocycles. The van der Waals surface area contributed by atoms with Crippen LogP contribution in [0.3, 0.4) is 0 Å². The summed E-state index contributed by atoms with van der Waals surface area (Å²) in [7, 11) is -2.43. The van der Waals surface area contributed by atoms with Crippen LogP contribution < -0.4 is 10.6 Å². The molecule has 0 atom stereocenters. The fraction of sp³-hybridized carbons (Fsp3) is 0.167. The van der Waals surface area contributed by atoms with Gasteiger partial charge < -0.3 is 5.32 Å². The van der Waals surface area contributed by atoms with E-state index in [-0.39, 0.29) is 20.6 Å². The first kappa shape index (κ1) is 16.7. The second-order valence-electron chi connectivity index (χ2n) is 4.10. The van der Waals surface area contributed by atoms with Crippen LogP contribution in [0.4, 0.5) is 10.6 Å². The number of nitrogens with one attached hydrogen (secondary N) is 3. The zero-order valence-electron chi connectivity index (χ0n) is 11.7. The van der Waals surface area contributed by atoms with Gasteiger partial charge in [-0.05, 0) is 30.5 Å². The molecule has 1 aromatic carbocycles. The summed E-state index contributed by atoms with van der Waals surface area (Å²) in [5.74, 6) is 0.0126. The summed E-state index contributed by atoms with van der Waals surface area (Å²) in [6.45, 7) is 0. The van der Waals surface area contributed by atoms with Gasteiger partial charge in [-0.25, -0.2) is 13.2 Å². The Hall–Kier alpha value is -1.71. The van der Waals surface area contributed by atoms with Gasteiger partial charge in [0.25, 0.3) is 0 Å². The summed E-state index contributed by atoms with van der Waals surface area (Å²) < 4.78 is 25.6. The van der Waals surface area contributed by atoms with Crippen LogP contribution >= 0.6 is 23.4 Å². The number of aromatic amines is 1. The summed E-state index contributed by atoms with van der Waals surface area (Å²) in [6, 6.07) is 5.22. The van der Waals surface area contributed by atoms with Crippen molar-refractivity contribution in [2.45, 2.75) is 14.8 Å². The molecule has 2 amide bonds. The maximum Gasteiger partial charge on any atom is 0.320 e. The van der Waals surface area contributed by atoms with E-state index < -0.39 is 15.9 Å². The van der Waals surface area contributed by atoms with Gasteiger partial charge in [0.2, 0.25) is 9.84 Å². The van der Waals surface area contributed by atoms with Crippen LogP contribution in [-0.4, -0.2) is 37.9 Å². The third-order valence-electron chi connectivity index (χ3n) is 2.74. The van der Waals surface area contributed by atoms with Crippen molar-refractivity contribution in [2.75, 3.05) is 18.6 Å². The van der Waals surface area contributed by atoms with Gasteiger partial charge in [0.05, 0.1) is 4.90 Å². The number of benzene rings is 1. The molecule has 0 aliphatic rings. The molecule has 0 bridgehead atoms. The molecular formula is C12H13ClN4O3S2. The molecule has 0 radical (unpaired) electrons. The molecule has 0 unspecified atom stereocenters. The molecule has 0 aliphatic carbocycles. The number of urea groups is 1. The third-order valence-corrected chi connectivity index (χ3v) is 5.63. The third kappa shape index (κ3) is 3.21. The van der Waals surface area contributed by atoms with Crippen LogP contribution in [0.1, 0.15) is 0 Å². The minimum atomic E-state index is -3.86. The highest BCUT2D eigenvalue weighted by atomic mass is 35.5. The number of amides is 2. The summed E-state index contributed by atoms with van der Waals surface area (Å²) in [5.41, 5.74) is 0. The van der Waals surface area contributed by atoms with Gasteiger partial charge in [-0.1, -0.05) is 11.6 Å². The highest BCUT2D eigenvalue weighted by Crippen LogP contribution is 2.34. The highest BCUT2D eigenvalue weighted by Gasteiger charge is 2.28. The van der Waals surface area contributed by atoms with Gasteiger partial charge in [-0.15, -0.1) is 11.8 Å². The molecular weight excluding hydrogens is 348 g/mol. The van der Waals surface area contributed by atoms with Crippen molar-refractivity contribution < 1.29 is 13.2 Å². The molecule has 1 heterocycles. The number of H-pyrrole nitrogens is 1. The Morgan fingerprint density at radius 1 is 1.32 bits per heavy atom. The highest BCUT2D eigenvalue weighted by molar-refractivity contribution is 7.99. The second-order valence-corrected chi connectivity index (χ2v) is 7.22. The van der Waals surface area contributed by atoms with Crippen molar-refractivity contribution in [3.05, 3.63) is 29.3 Å². The zero-order valence-corrected chi connectivity index (χ0v) is 14.1. The number of carbonyl (C=O) groups is 1. The van der Waals surface area contributed by atoms with E-state index in [1.807, 2.05) is 0 Å². The topological polar surface area (TPSA) is 104 Å². The standard InChI is InChI=1S/C12H13ClN4O3S2/c1-14-12(18)15-10-9(11(21-2)17-16-10)22(19,20)8-5-3-7(13)4-6-8/h3-6H,1-2H3,(H3,14,15,16,17,18). The number of sulfone groups is 1. The molecule has 10 heteroatoms. The number of halogens is 1. The average Bonchev–Trinajstić information content (AvgIpc) is 2.91. The number of nitrogens with zero attached hydrogens (tertiary/aromatic N) is 1. The van der Waals surface area contributed by atoms with Crippen molar-refractivity contribution in [1.29, 1.82) is 0 Å². The number of carbonyl (C=O) groups excluding carboxylic acids is 1.